The van der Waals surface area contributed by atoms with E-state index < -0.39 is 0 Å². The fourth-order valence-corrected chi connectivity index (χ4v) is 3.00. The highest BCUT2D eigenvalue weighted by Crippen LogP contribution is 2.10. The Morgan fingerprint density at radius 1 is 0.750 bits per heavy atom. The predicted molar refractivity (Wildman–Crippen MR) is 78.4 cm³/mol. The molecule has 0 aromatic rings. The van der Waals surface area contributed by atoms with Crippen molar-refractivity contribution in [3.8, 4) is 0 Å². The third kappa shape index (κ3) is 4.47. The summed E-state index contributed by atoms with van der Waals surface area (Å²) in [6, 6.07) is 0. The molecular weight excluding hydrogens is 254 g/mol. The highest BCUT2D eigenvalue weighted by Gasteiger charge is 2.21. The van der Waals surface area contributed by atoms with E-state index in [1.54, 1.807) is 0 Å². The summed E-state index contributed by atoms with van der Waals surface area (Å²) in [6.45, 7) is 4.25. The van der Waals surface area contributed by atoms with Crippen LogP contribution in [0.2, 0.25) is 0 Å². The van der Waals surface area contributed by atoms with Crippen LogP contribution in [-0.4, -0.2) is 72.8 Å². The molecule has 0 aliphatic carbocycles. The molecule has 0 aromatic heterocycles. The molecule has 2 rings (SSSR count). The minimum Gasteiger partial charge on any atom is -0.342 e. The van der Waals surface area contributed by atoms with Gasteiger partial charge in [0.15, 0.2) is 0 Å². The van der Waals surface area contributed by atoms with Crippen LogP contribution in [0.15, 0.2) is 0 Å². The number of hydrogen-bond donors (Lipinski definition) is 0. The first-order chi connectivity index (χ1) is 9.66. The van der Waals surface area contributed by atoms with Crippen molar-refractivity contribution in [3.63, 3.8) is 0 Å². The largest absolute Gasteiger partial charge is 0.342 e. The Bertz CT molecular complexity index is 302. The van der Waals surface area contributed by atoms with Gasteiger partial charge in [-0.2, -0.15) is 0 Å². The smallest absolute Gasteiger partial charge is 0.236 e. The Kier molecular flexibility index (Phi) is 5.83. The number of nitrogens with zero attached hydrogens (tertiary/aromatic N) is 3. The molecule has 0 aromatic carbocycles. The fraction of sp³-hybridized carbons (Fsp3) is 0.867. The van der Waals surface area contributed by atoms with E-state index in [4.69, 9.17) is 0 Å². The normalized spacial score (nSPS) is 20.3. The third-order valence-electron chi connectivity index (χ3n) is 4.23. The van der Waals surface area contributed by atoms with Crippen LogP contribution >= 0.6 is 0 Å². The van der Waals surface area contributed by atoms with Crippen LogP contribution in [0.3, 0.4) is 0 Å². The van der Waals surface area contributed by atoms with Crippen LogP contribution in [-0.2, 0) is 9.59 Å². The molecule has 0 N–H and O–H groups in total. The van der Waals surface area contributed by atoms with Crippen molar-refractivity contribution in [1.29, 1.82) is 0 Å². The van der Waals surface area contributed by atoms with E-state index in [1.807, 2.05) is 21.7 Å². The van der Waals surface area contributed by atoms with Crippen molar-refractivity contribution in [3.05, 3.63) is 0 Å². The van der Waals surface area contributed by atoms with Crippen LogP contribution < -0.4 is 0 Å². The lowest BCUT2D eigenvalue weighted by Crippen LogP contribution is -2.46. The summed E-state index contributed by atoms with van der Waals surface area (Å²) in [4.78, 5) is 30.0. The Morgan fingerprint density at radius 3 is 1.45 bits per heavy atom. The molecule has 0 spiro atoms. The van der Waals surface area contributed by atoms with Gasteiger partial charge in [0, 0.05) is 26.2 Å². The molecule has 20 heavy (non-hydrogen) atoms. The number of amides is 2. The Hall–Kier alpha value is -1.10. The molecule has 2 aliphatic rings. The molecule has 0 bridgehead atoms. The molecule has 114 valence electrons. The van der Waals surface area contributed by atoms with E-state index in [-0.39, 0.29) is 11.8 Å². The third-order valence-corrected chi connectivity index (χ3v) is 4.23. The highest BCUT2D eigenvalue weighted by molar-refractivity contribution is 5.81. The van der Waals surface area contributed by atoms with E-state index in [0.717, 1.165) is 51.9 Å². The Balaban J connectivity index is 1.72. The van der Waals surface area contributed by atoms with Gasteiger partial charge in [0.25, 0.3) is 0 Å². The van der Waals surface area contributed by atoms with Gasteiger partial charge >= 0.3 is 0 Å². The standard InChI is InChI=1S/C15H27N3O2/c1-16(12-14(19)17-8-4-2-5-9-17)13-15(20)18-10-6-3-7-11-18/h2-13H2,1H3. The minimum absolute atomic E-state index is 0.165. The Labute approximate surface area is 121 Å². The summed E-state index contributed by atoms with van der Waals surface area (Å²) in [5.74, 6) is 0.331. The maximum absolute atomic E-state index is 12.1. The number of likely N-dealkylation sites (N-methyl/N-ethyl adjacent to an activating group) is 1. The Morgan fingerprint density at radius 2 is 1.10 bits per heavy atom. The summed E-state index contributed by atoms with van der Waals surface area (Å²) in [5, 5.41) is 0. The van der Waals surface area contributed by atoms with Gasteiger partial charge in [-0.15, -0.1) is 0 Å². The van der Waals surface area contributed by atoms with Gasteiger partial charge in [-0.3, -0.25) is 14.5 Å². The van der Waals surface area contributed by atoms with Gasteiger partial charge in [-0.25, -0.2) is 0 Å². The van der Waals surface area contributed by atoms with Gasteiger partial charge in [0.1, 0.15) is 0 Å². The average molecular weight is 281 g/mol. The van der Waals surface area contributed by atoms with E-state index in [2.05, 4.69) is 0 Å². The summed E-state index contributed by atoms with van der Waals surface area (Å²) in [5.41, 5.74) is 0. The minimum atomic E-state index is 0.165. The quantitative estimate of drug-likeness (QED) is 0.770. The maximum Gasteiger partial charge on any atom is 0.236 e. The molecule has 0 radical (unpaired) electrons. The summed E-state index contributed by atoms with van der Waals surface area (Å²) < 4.78 is 0. The average Bonchev–Trinajstić information content (AvgIpc) is 2.49. The highest BCUT2D eigenvalue weighted by atomic mass is 16.2. The predicted octanol–water partition coefficient (Wildman–Crippen LogP) is 0.943. The lowest BCUT2D eigenvalue weighted by atomic mass is 10.1. The van der Waals surface area contributed by atoms with E-state index in [0.29, 0.717) is 13.1 Å². The molecule has 0 unspecified atom stereocenters. The molecule has 2 fully saturated rings. The molecule has 2 heterocycles. The number of likely N-dealkylation sites (tertiary alicyclic amines) is 2. The molecule has 2 saturated heterocycles. The first-order valence-corrected chi connectivity index (χ1v) is 7.91. The van der Waals surface area contributed by atoms with Gasteiger partial charge in [0.05, 0.1) is 13.1 Å². The van der Waals surface area contributed by atoms with Crippen LogP contribution in [0.25, 0.3) is 0 Å². The van der Waals surface area contributed by atoms with Crippen LogP contribution in [0, 0.1) is 0 Å². The van der Waals surface area contributed by atoms with Crippen LogP contribution in [0.4, 0.5) is 0 Å². The number of piperidine rings is 2. The zero-order chi connectivity index (χ0) is 14.4. The second-order valence-corrected chi connectivity index (χ2v) is 6.06. The number of hydrogen-bond acceptors (Lipinski definition) is 3. The molecular formula is C15H27N3O2. The van der Waals surface area contributed by atoms with Crippen molar-refractivity contribution in [2.24, 2.45) is 0 Å². The van der Waals surface area contributed by atoms with E-state index in [9.17, 15) is 9.59 Å². The van der Waals surface area contributed by atoms with Gasteiger partial charge < -0.3 is 9.80 Å². The first kappa shape index (κ1) is 15.3. The SMILES string of the molecule is CN(CC(=O)N1CCCCC1)CC(=O)N1CCCCC1. The zero-order valence-electron chi connectivity index (χ0n) is 12.6. The fourth-order valence-electron chi connectivity index (χ4n) is 3.00. The monoisotopic (exact) mass is 281 g/mol. The van der Waals surface area contributed by atoms with Crippen molar-refractivity contribution in [2.75, 3.05) is 46.3 Å². The molecule has 0 atom stereocenters. The van der Waals surface area contributed by atoms with Crippen molar-refractivity contribution in [1.82, 2.24) is 14.7 Å². The van der Waals surface area contributed by atoms with Gasteiger partial charge in [-0.05, 0) is 45.6 Å². The van der Waals surface area contributed by atoms with Gasteiger partial charge in [-0.1, -0.05) is 0 Å². The van der Waals surface area contributed by atoms with Crippen molar-refractivity contribution >= 4 is 11.8 Å². The molecule has 2 amide bonds. The van der Waals surface area contributed by atoms with E-state index in [1.165, 1.54) is 12.8 Å². The second-order valence-electron chi connectivity index (χ2n) is 6.06. The number of carbonyl (C=O) groups is 2. The molecule has 5 heteroatoms. The molecule has 5 nitrogen and oxygen atoms in total. The second kappa shape index (κ2) is 7.62. The lowest BCUT2D eigenvalue weighted by Gasteiger charge is -2.30. The summed E-state index contributed by atoms with van der Waals surface area (Å²) in [7, 11) is 1.86. The summed E-state index contributed by atoms with van der Waals surface area (Å²) in [6.07, 6.45) is 6.91. The van der Waals surface area contributed by atoms with Crippen LogP contribution in [0.5, 0.6) is 0 Å². The van der Waals surface area contributed by atoms with E-state index >= 15 is 0 Å². The maximum atomic E-state index is 12.1. The molecule has 0 saturated carbocycles. The summed E-state index contributed by atoms with van der Waals surface area (Å²) >= 11 is 0. The van der Waals surface area contributed by atoms with Crippen molar-refractivity contribution < 1.29 is 9.59 Å². The van der Waals surface area contributed by atoms with Gasteiger partial charge in [0.2, 0.25) is 11.8 Å². The number of carbonyl (C=O) groups excluding carboxylic acids is 2. The zero-order valence-corrected chi connectivity index (χ0v) is 12.6. The molecule has 2 aliphatic heterocycles. The first-order valence-electron chi connectivity index (χ1n) is 7.91. The number of rotatable bonds is 4. The van der Waals surface area contributed by atoms with Crippen LogP contribution in [0.1, 0.15) is 38.5 Å². The lowest BCUT2D eigenvalue weighted by molar-refractivity contribution is -0.136. The van der Waals surface area contributed by atoms with Crippen molar-refractivity contribution in [2.45, 2.75) is 38.5 Å². The topological polar surface area (TPSA) is 43.9 Å².